The minimum absolute atomic E-state index is 0.0581. The minimum Gasteiger partial charge on any atom is -0.496 e. The first kappa shape index (κ1) is 13.2. The van der Waals surface area contributed by atoms with E-state index >= 15 is 0 Å². The SMILES string of the molecule is COc1c2c(c(OC)c3ccccc13)[C@H](O)O[C@@H](C)C2. The number of aliphatic hydroxyl groups excluding tert-OH is 1. The summed E-state index contributed by atoms with van der Waals surface area (Å²) in [4.78, 5) is 0. The lowest BCUT2D eigenvalue weighted by Crippen LogP contribution is -2.24. The van der Waals surface area contributed by atoms with Crippen LogP contribution in [-0.4, -0.2) is 25.4 Å². The molecular weight excluding hydrogens is 256 g/mol. The van der Waals surface area contributed by atoms with Gasteiger partial charge in [-0.25, -0.2) is 0 Å². The largest absolute Gasteiger partial charge is 0.496 e. The highest BCUT2D eigenvalue weighted by molar-refractivity contribution is 5.96. The van der Waals surface area contributed by atoms with Gasteiger partial charge in [0.15, 0.2) is 6.29 Å². The Kier molecular flexibility index (Phi) is 3.28. The van der Waals surface area contributed by atoms with Crippen molar-refractivity contribution in [2.75, 3.05) is 14.2 Å². The monoisotopic (exact) mass is 274 g/mol. The summed E-state index contributed by atoms with van der Waals surface area (Å²) in [6.45, 7) is 1.94. The van der Waals surface area contributed by atoms with E-state index in [-0.39, 0.29) is 6.10 Å². The fourth-order valence-corrected chi connectivity index (χ4v) is 2.99. The van der Waals surface area contributed by atoms with Gasteiger partial charge in [-0.05, 0) is 6.92 Å². The summed E-state index contributed by atoms with van der Waals surface area (Å²) >= 11 is 0. The molecule has 2 aromatic rings. The molecule has 4 heteroatoms. The maximum absolute atomic E-state index is 10.3. The molecule has 1 aliphatic rings. The van der Waals surface area contributed by atoms with Crippen LogP contribution in [0.5, 0.6) is 11.5 Å². The van der Waals surface area contributed by atoms with Gasteiger partial charge in [-0.1, -0.05) is 24.3 Å². The summed E-state index contributed by atoms with van der Waals surface area (Å²) in [5, 5.41) is 12.2. The Morgan fingerprint density at radius 1 is 1.10 bits per heavy atom. The molecule has 0 radical (unpaired) electrons. The lowest BCUT2D eigenvalue weighted by molar-refractivity contribution is -0.144. The molecule has 1 aliphatic heterocycles. The molecule has 0 unspecified atom stereocenters. The predicted octanol–water partition coefficient (Wildman–Crippen LogP) is 2.81. The summed E-state index contributed by atoms with van der Waals surface area (Å²) in [5.41, 5.74) is 1.65. The Hall–Kier alpha value is -1.78. The van der Waals surface area contributed by atoms with E-state index in [0.29, 0.717) is 17.7 Å². The Morgan fingerprint density at radius 3 is 2.30 bits per heavy atom. The first-order valence-corrected chi connectivity index (χ1v) is 6.66. The second kappa shape index (κ2) is 4.96. The summed E-state index contributed by atoms with van der Waals surface area (Å²) in [5.74, 6) is 1.46. The number of aliphatic hydroxyl groups is 1. The standard InChI is InChI=1S/C16H18O4/c1-9-8-12-13(16(17)20-9)15(19-3)11-7-5-4-6-10(11)14(12)18-2/h4-7,9,16-17H,8H2,1-3H3/t9-,16+/m0/s1. The van der Waals surface area contributed by atoms with Gasteiger partial charge in [-0.15, -0.1) is 0 Å². The third-order valence-electron chi connectivity index (χ3n) is 3.77. The van der Waals surface area contributed by atoms with Crippen molar-refractivity contribution in [2.24, 2.45) is 0 Å². The molecule has 20 heavy (non-hydrogen) atoms. The molecule has 0 aromatic heterocycles. The zero-order valence-corrected chi connectivity index (χ0v) is 11.8. The number of fused-ring (bicyclic) bond motifs is 2. The average Bonchev–Trinajstić information content (AvgIpc) is 2.44. The first-order valence-electron chi connectivity index (χ1n) is 6.66. The maximum atomic E-state index is 10.3. The van der Waals surface area contributed by atoms with Gasteiger partial charge in [0.1, 0.15) is 11.5 Å². The molecule has 0 aliphatic carbocycles. The van der Waals surface area contributed by atoms with Gasteiger partial charge in [-0.2, -0.15) is 0 Å². The van der Waals surface area contributed by atoms with Crippen LogP contribution in [0.15, 0.2) is 24.3 Å². The lowest BCUT2D eigenvalue weighted by Gasteiger charge is -2.30. The van der Waals surface area contributed by atoms with Gasteiger partial charge in [0.05, 0.1) is 25.9 Å². The van der Waals surface area contributed by atoms with Crippen molar-refractivity contribution >= 4 is 10.8 Å². The van der Waals surface area contributed by atoms with Crippen molar-refractivity contribution in [3.05, 3.63) is 35.4 Å². The van der Waals surface area contributed by atoms with Crippen LogP contribution in [0, 0.1) is 0 Å². The molecule has 0 saturated carbocycles. The molecular formula is C16H18O4. The van der Waals surface area contributed by atoms with Gasteiger partial charge in [0.2, 0.25) is 0 Å². The highest BCUT2D eigenvalue weighted by atomic mass is 16.6. The minimum atomic E-state index is -0.984. The summed E-state index contributed by atoms with van der Waals surface area (Å²) in [7, 11) is 3.26. The first-order chi connectivity index (χ1) is 9.67. The molecule has 3 rings (SSSR count). The molecule has 106 valence electrons. The summed E-state index contributed by atoms with van der Waals surface area (Å²) in [6, 6.07) is 7.87. The molecule has 0 amide bonds. The van der Waals surface area contributed by atoms with Crippen molar-refractivity contribution in [3.8, 4) is 11.5 Å². The van der Waals surface area contributed by atoms with Crippen LogP contribution in [0.1, 0.15) is 24.3 Å². The van der Waals surface area contributed by atoms with Gasteiger partial charge in [0, 0.05) is 22.8 Å². The van der Waals surface area contributed by atoms with Crippen molar-refractivity contribution in [1.29, 1.82) is 0 Å². The maximum Gasteiger partial charge on any atom is 0.185 e. The Balaban J connectivity index is 2.42. The van der Waals surface area contributed by atoms with Crippen molar-refractivity contribution in [1.82, 2.24) is 0 Å². The Labute approximate surface area is 117 Å². The number of rotatable bonds is 2. The predicted molar refractivity (Wildman–Crippen MR) is 76.3 cm³/mol. The fourth-order valence-electron chi connectivity index (χ4n) is 2.99. The van der Waals surface area contributed by atoms with Crippen LogP contribution in [0.2, 0.25) is 0 Å². The fraction of sp³-hybridized carbons (Fsp3) is 0.375. The van der Waals surface area contributed by atoms with E-state index < -0.39 is 6.29 Å². The van der Waals surface area contributed by atoms with Gasteiger partial charge in [0.25, 0.3) is 0 Å². The molecule has 2 atom stereocenters. The van der Waals surface area contributed by atoms with E-state index in [2.05, 4.69) is 0 Å². The van der Waals surface area contributed by atoms with E-state index in [9.17, 15) is 5.11 Å². The average molecular weight is 274 g/mol. The number of methoxy groups -OCH3 is 2. The quantitative estimate of drug-likeness (QED) is 0.914. The van der Waals surface area contributed by atoms with Crippen LogP contribution in [0.4, 0.5) is 0 Å². The molecule has 0 saturated heterocycles. The molecule has 0 spiro atoms. The van der Waals surface area contributed by atoms with Crippen LogP contribution in [0.3, 0.4) is 0 Å². The topological polar surface area (TPSA) is 47.9 Å². The summed E-state index contributed by atoms with van der Waals surface area (Å²) in [6.07, 6.45) is -0.351. The zero-order valence-electron chi connectivity index (χ0n) is 11.8. The van der Waals surface area contributed by atoms with Crippen LogP contribution in [-0.2, 0) is 11.2 Å². The number of hydrogen-bond acceptors (Lipinski definition) is 4. The number of ether oxygens (including phenoxy) is 3. The van der Waals surface area contributed by atoms with Gasteiger partial charge < -0.3 is 19.3 Å². The molecule has 1 heterocycles. The van der Waals surface area contributed by atoms with Crippen molar-refractivity contribution in [3.63, 3.8) is 0 Å². The van der Waals surface area contributed by atoms with Crippen LogP contribution < -0.4 is 9.47 Å². The highest BCUT2D eigenvalue weighted by Gasteiger charge is 2.31. The van der Waals surface area contributed by atoms with Crippen molar-refractivity contribution in [2.45, 2.75) is 25.7 Å². The molecule has 0 bridgehead atoms. The normalized spacial score (nSPS) is 21.6. The van der Waals surface area contributed by atoms with E-state index in [4.69, 9.17) is 14.2 Å². The van der Waals surface area contributed by atoms with E-state index in [1.807, 2.05) is 31.2 Å². The van der Waals surface area contributed by atoms with Gasteiger partial charge in [-0.3, -0.25) is 0 Å². The molecule has 2 aromatic carbocycles. The zero-order chi connectivity index (χ0) is 14.3. The number of hydrogen-bond donors (Lipinski definition) is 1. The van der Waals surface area contributed by atoms with Crippen molar-refractivity contribution < 1.29 is 19.3 Å². The Morgan fingerprint density at radius 2 is 1.70 bits per heavy atom. The number of benzene rings is 2. The molecule has 0 fully saturated rings. The second-order valence-corrected chi connectivity index (χ2v) is 5.01. The van der Waals surface area contributed by atoms with Crippen LogP contribution in [0.25, 0.3) is 10.8 Å². The van der Waals surface area contributed by atoms with E-state index in [1.54, 1.807) is 14.2 Å². The van der Waals surface area contributed by atoms with Gasteiger partial charge >= 0.3 is 0 Å². The Bertz CT molecular complexity index is 650. The van der Waals surface area contributed by atoms with E-state index in [0.717, 1.165) is 22.1 Å². The smallest absolute Gasteiger partial charge is 0.185 e. The van der Waals surface area contributed by atoms with Crippen LogP contribution >= 0.6 is 0 Å². The second-order valence-electron chi connectivity index (χ2n) is 5.01. The molecule has 1 N–H and O–H groups in total. The van der Waals surface area contributed by atoms with E-state index in [1.165, 1.54) is 0 Å². The summed E-state index contributed by atoms with van der Waals surface area (Å²) < 4.78 is 16.7. The third kappa shape index (κ3) is 1.84. The lowest BCUT2D eigenvalue weighted by atomic mass is 9.92. The third-order valence-corrected chi connectivity index (χ3v) is 3.77. The molecule has 4 nitrogen and oxygen atoms in total. The highest BCUT2D eigenvalue weighted by Crippen LogP contribution is 2.46.